The fourth-order valence-electron chi connectivity index (χ4n) is 3.27. The van der Waals surface area contributed by atoms with Gasteiger partial charge in [0.1, 0.15) is 5.82 Å². The van der Waals surface area contributed by atoms with Crippen molar-refractivity contribution in [3.05, 3.63) is 77.6 Å². The second kappa shape index (κ2) is 9.80. The van der Waals surface area contributed by atoms with E-state index in [2.05, 4.69) is 27.1 Å². The lowest BCUT2D eigenvalue weighted by Gasteiger charge is -2.17. The lowest BCUT2D eigenvalue weighted by atomic mass is 10.1. The van der Waals surface area contributed by atoms with Gasteiger partial charge in [-0.1, -0.05) is 24.0 Å². The third-order valence-electron chi connectivity index (χ3n) is 4.93. The monoisotopic (exact) mass is 458 g/mol. The molecule has 0 bridgehead atoms. The molecule has 0 saturated carbocycles. The van der Waals surface area contributed by atoms with Crippen LogP contribution >= 0.6 is 0 Å². The second-order valence-corrected chi connectivity index (χ2v) is 7.94. The molecule has 1 aliphatic rings. The molecule has 1 saturated heterocycles. The van der Waals surface area contributed by atoms with Crippen molar-refractivity contribution in [1.82, 2.24) is 15.4 Å². The Morgan fingerprint density at radius 1 is 1.12 bits per heavy atom. The summed E-state index contributed by atoms with van der Waals surface area (Å²) in [6.45, 7) is 3.53. The SMILES string of the molecule is CC1(C)OC[C@@H](C(=O)Nc2cc(C(=O)NO)cc(-c3ccc(C#Cc4cccnc4)cc3)n2)O1. The van der Waals surface area contributed by atoms with E-state index in [4.69, 9.17) is 14.7 Å². The number of pyridine rings is 2. The summed E-state index contributed by atoms with van der Waals surface area (Å²) in [5.74, 6) is 4.19. The van der Waals surface area contributed by atoms with Crippen LogP contribution in [0.1, 0.15) is 35.3 Å². The zero-order valence-corrected chi connectivity index (χ0v) is 18.5. The summed E-state index contributed by atoms with van der Waals surface area (Å²) in [6, 6.07) is 13.8. The van der Waals surface area contributed by atoms with Gasteiger partial charge in [-0.25, -0.2) is 10.5 Å². The van der Waals surface area contributed by atoms with Crippen molar-refractivity contribution in [2.75, 3.05) is 11.9 Å². The van der Waals surface area contributed by atoms with Crippen LogP contribution in [0.5, 0.6) is 0 Å². The van der Waals surface area contributed by atoms with Gasteiger partial charge in [0, 0.05) is 34.6 Å². The molecule has 2 aromatic heterocycles. The molecule has 2 amide bonds. The molecular formula is C25H22N4O5. The molecule has 0 unspecified atom stereocenters. The number of aromatic nitrogens is 2. The number of nitrogens with one attached hydrogen (secondary N) is 2. The van der Waals surface area contributed by atoms with Crippen LogP contribution in [0.25, 0.3) is 11.3 Å². The van der Waals surface area contributed by atoms with Crippen LogP contribution < -0.4 is 10.8 Å². The maximum atomic E-state index is 12.6. The van der Waals surface area contributed by atoms with Crippen LogP contribution in [0.2, 0.25) is 0 Å². The lowest BCUT2D eigenvalue weighted by molar-refractivity contribution is -0.150. The van der Waals surface area contributed by atoms with Gasteiger partial charge in [0.2, 0.25) is 0 Å². The van der Waals surface area contributed by atoms with Gasteiger partial charge in [-0.2, -0.15) is 0 Å². The largest absolute Gasteiger partial charge is 0.347 e. The number of hydroxylamine groups is 1. The number of carbonyl (C=O) groups excluding carboxylic acids is 2. The van der Waals surface area contributed by atoms with Crippen molar-refractivity contribution in [3.63, 3.8) is 0 Å². The number of carbonyl (C=O) groups is 2. The molecule has 34 heavy (non-hydrogen) atoms. The quantitative estimate of drug-likeness (QED) is 0.312. The zero-order valence-electron chi connectivity index (χ0n) is 18.5. The Hall–Kier alpha value is -4.10. The minimum absolute atomic E-state index is 0.101. The molecule has 172 valence electrons. The highest BCUT2D eigenvalue weighted by atomic mass is 16.7. The standard InChI is InChI=1S/C25H22N4O5/c1-25(2)33-15-21(34-25)24(31)28-22-13-19(23(30)29-32)12-20(27-22)18-9-7-16(8-10-18)5-6-17-4-3-11-26-14-17/h3-4,7-14,21,32H,15H2,1-2H3,(H,29,30)(H,27,28,31)/t21-/m0/s1. The van der Waals surface area contributed by atoms with Crippen LogP contribution in [0.4, 0.5) is 5.82 Å². The van der Waals surface area contributed by atoms with Gasteiger partial charge >= 0.3 is 0 Å². The third kappa shape index (κ3) is 5.63. The Morgan fingerprint density at radius 3 is 2.53 bits per heavy atom. The van der Waals surface area contributed by atoms with Gasteiger partial charge in [0.15, 0.2) is 11.9 Å². The molecule has 3 heterocycles. The molecule has 0 radical (unpaired) electrons. The average molecular weight is 458 g/mol. The molecule has 0 spiro atoms. The number of anilines is 1. The van der Waals surface area contributed by atoms with Crippen LogP contribution in [0, 0.1) is 11.8 Å². The summed E-state index contributed by atoms with van der Waals surface area (Å²) in [5, 5.41) is 11.7. The maximum Gasteiger partial charge on any atom is 0.274 e. The summed E-state index contributed by atoms with van der Waals surface area (Å²) in [5.41, 5.74) is 4.42. The fourth-order valence-corrected chi connectivity index (χ4v) is 3.27. The molecule has 4 rings (SSSR count). The first-order valence-electron chi connectivity index (χ1n) is 10.4. The molecule has 9 heteroatoms. The third-order valence-corrected chi connectivity index (χ3v) is 4.93. The Morgan fingerprint density at radius 2 is 1.88 bits per heavy atom. The van der Waals surface area contributed by atoms with Crippen LogP contribution in [-0.2, 0) is 14.3 Å². The maximum absolute atomic E-state index is 12.6. The number of amides is 2. The van der Waals surface area contributed by atoms with E-state index in [-0.39, 0.29) is 18.0 Å². The topological polar surface area (TPSA) is 123 Å². The number of hydrogen-bond donors (Lipinski definition) is 3. The molecule has 9 nitrogen and oxygen atoms in total. The lowest BCUT2D eigenvalue weighted by Crippen LogP contribution is -2.32. The van der Waals surface area contributed by atoms with Crippen molar-refractivity contribution in [2.24, 2.45) is 0 Å². The van der Waals surface area contributed by atoms with Crippen molar-refractivity contribution in [2.45, 2.75) is 25.7 Å². The van der Waals surface area contributed by atoms with E-state index >= 15 is 0 Å². The molecule has 1 aliphatic heterocycles. The second-order valence-electron chi connectivity index (χ2n) is 7.94. The molecular weight excluding hydrogens is 436 g/mol. The highest BCUT2D eigenvalue weighted by Gasteiger charge is 2.37. The Labute approximate surface area is 196 Å². The van der Waals surface area contributed by atoms with E-state index in [0.717, 1.165) is 11.1 Å². The van der Waals surface area contributed by atoms with Gasteiger partial charge in [0.25, 0.3) is 11.8 Å². The number of ether oxygens (including phenoxy) is 2. The Kier molecular flexibility index (Phi) is 6.65. The number of hydrogen-bond acceptors (Lipinski definition) is 7. The van der Waals surface area contributed by atoms with Crippen molar-refractivity contribution >= 4 is 17.6 Å². The molecule has 1 fully saturated rings. The molecule has 3 N–H and O–H groups in total. The summed E-state index contributed by atoms with van der Waals surface area (Å²) in [7, 11) is 0. The highest BCUT2D eigenvalue weighted by molar-refractivity contribution is 5.98. The van der Waals surface area contributed by atoms with Crippen LogP contribution in [-0.4, -0.2) is 45.5 Å². The predicted octanol–water partition coefficient (Wildman–Crippen LogP) is 2.75. The van der Waals surface area contributed by atoms with E-state index in [0.29, 0.717) is 11.3 Å². The minimum atomic E-state index is -0.860. The van der Waals surface area contributed by atoms with Gasteiger partial charge in [-0.05, 0) is 50.2 Å². The zero-order chi connectivity index (χ0) is 24.1. The summed E-state index contributed by atoms with van der Waals surface area (Å²) >= 11 is 0. The summed E-state index contributed by atoms with van der Waals surface area (Å²) < 4.78 is 11.0. The molecule has 1 aromatic carbocycles. The first kappa shape index (κ1) is 23.1. The van der Waals surface area contributed by atoms with Crippen molar-refractivity contribution in [3.8, 4) is 23.1 Å². The minimum Gasteiger partial charge on any atom is -0.347 e. The number of rotatable bonds is 4. The van der Waals surface area contributed by atoms with E-state index in [1.165, 1.54) is 12.1 Å². The summed E-state index contributed by atoms with van der Waals surface area (Å²) in [6.07, 6.45) is 2.56. The first-order valence-corrected chi connectivity index (χ1v) is 10.4. The predicted molar refractivity (Wildman–Crippen MR) is 123 cm³/mol. The van der Waals surface area contributed by atoms with Gasteiger partial charge in [-0.15, -0.1) is 0 Å². The van der Waals surface area contributed by atoms with E-state index in [9.17, 15) is 9.59 Å². The van der Waals surface area contributed by atoms with Crippen LogP contribution in [0.3, 0.4) is 0 Å². The summed E-state index contributed by atoms with van der Waals surface area (Å²) in [4.78, 5) is 33.2. The number of benzene rings is 1. The average Bonchev–Trinajstić information content (AvgIpc) is 3.22. The van der Waals surface area contributed by atoms with Crippen LogP contribution in [0.15, 0.2) is 60.9 Å². The van der Waals surface area contributed by atoms with Crippen molar-refractivity contribution < 1.29 is 24.3 Å². The number of nitrogens with zero attached hydrogens (tertiary/aromatic N) is 2. The normalized spacial score (nSPS) is 16.3. The van der Waals surface area contributed by atoms with Gasteiger partial charge in [0.05, 0.1) is 12.3 Å². The van der Waals surface area contributed by atoms with E-state index < -0.39 is 23.7 Å². The molecule has 0 aliphatic carbocycles. The highest BCUT2D eigenvalue weighted by Crippen LogP contribution is 2.25. The van der Waals surface area contributed by atoms with Gasteiger partial charge in [-0.3, -0.25) is 19.8 Å². The fraction of sp³-hybridized carbons (Fsp3) is 0.200. The van der Waals surface area contributed by atoms with Crippen molar-refractivity contribution in [1.29, 1.82) is 0 Å². The molecule has 3 aromatic rings. The van der Waals surface area contributed by atoms with E-state index in [1.807, 2.05) is 24.3 Å². The Balaban J connectivity index is 1.58. The van der Waals surface area contributed by atoms with E-state index in [1.54, 1.807) is 43.9 Å². The Bertz CT molecular complexity index is 1260. The smallest absolute Gasteiger partial charge is 0.274 e. The van der Waals surface area contributed by atoms with Gasteiger partial charge < -0.3 is 14.8 Å². The first-order chi connectivity index (χ1) is 16.3. The molecule has 1 atom stereocenters.